The minimum absolute atomic E-state index is 0.0983. The fourth-order valence-corrected chi connectivity index (χ4v) is 3.99. The largest absolute Gasteiger partial charge is 0.353 e. The average molecular weight is 322 g/mol. The van der Waals surface area contributed by atoms with Crippen molar-refractivity contribution in [2.75, 3.05) is 18.0 Å². The summed E-state index contributed by atoms with van der Waals surface area (Å²) >= 11 is 7.67. The maximum absolute atomic E-state index is 12.1. The van der Waals surface area contributed by atoms with Gasteiger partial charge in [-0.2, -0.15) is 0 Å². The van der Waals surface area contributed by atoms with Crippen LogP contribution in [0.25, 0.3) is 10.2 Å². The summed E-state index contributed by atoms with van der Waals surface area (Å²) in [6, 6.07) is 6.20. The molecule has 21 heavy (non-hydrogen) atoms. The topological polar surface area (TPSA) is 45.2 Å². The molecule has 1 saturated heterocycles. The van der Waals surface area contributed by atoms with Crippen LogP contribution in [0.1, 0.15) is 19.3 Å². The third kappa shape index (κ3) is 2.72. The zero-order chi connectivity index (χ0) is 14.4. The number of nitrogens with one attached hydrogen (secondary N) is 1. The lowest BCUT2D eigenvalue weighted by atomic mass is 10.1. The molecule has 2 fully saturated rings. The zero-order valence-corrected chi connectivity index (χ0v) is 13.1. The second-order valence-corrected chi connectivity index (χ2v) is 7.27. The number of carbonyl (C=O) groups is 1. The lowest BCUT2D eigenvalue weighted by molar-refractivity contribution is -0.124. The van der Waals surface area contributed by atoms with Crippen LogP contribution in [0.5, 0.6) is 0 Å². The molecule has 1 atom stereocenters. The molecule has 2 aliphatic rings. The quantitative estimate of drug-likeness (QED) is 0.945. The van der Waals surface area contributed by atoms with Gasteiger partial charge in [0, 0.05) is 24.2 Å². The van der Waals surface area contributed by atoms with Crippen molar-refractivity contribution in [1.82, 2.24) is 10.3 Å². The fourth-order valence-electron chi connectivity index (χ4n) is 2.72. The first-order valence-corrected chi connectivity index (χ1v) is 8.50. The van der Waals surface area contributed by atoms with Gasteiger partial charge in [-0.15, -0.1) is 0 Å². The van der Waals surface area contributed by atoms with E-state index in [0.717, 1.165) is 52.7 Å². The number of rotatable bonds is 3. The van der Waals surface area contributed by atoms with Crippen LogP contribution < -0.4 is 10.2 Å². The predicted molar refractivity (Wildman–Crippen MR) is 86.1 cm³/mol. The molecule has 0 bridgehead atoms. The van der Waals surface area contributed by atoms with Crippen molar-refractivity contribution in [3.05, 3.63) is 23.2 Å². The van der Waals surface area contributed by atoms with Crippen molar-refractivity contribution in [1.29, 1.82) is 0 Å². The first-order chi connectivity index (χ1) is 10.2. The molecule has 0 spiro atoms. The number of amides is 1. The molecule has 4 nitrogen and oxygen atoms in total. The summed E-state index contributed by atoms with van der Waals surface area (Å²) in [5.74, 6) is 0.311. The molecule has 1 aliphatic carbocycles. The van der Waals surface area contributed by atoms with E-state index >= 15 is 0 Å². The van der Waals surface area contributed by atoms with E-state index in [1.54, 1.807) is 11.3 Å². The van der Waals surface area contributed by atoms with Crippen LogP contribution >= 0.6 is 22.9 Å². The smallest absolute Gasteiger partial charge is 0.225 e. The van der Waals surface area contributed by atoms with Crippen LogP contribution in [0, 0.1) is 5.92 Å². The fraction of sp³-hybridized carbons (Fsp3) is 0.467. The molecule has 2 aromatic rings. The van der Waals surface area contributed by atoms with Gasteiger partial charge < -0.3 is 10.2 Å². The molecule has 110 valence electrons. The minimum Gasteiger partial charge on any atom is -0.353 e. The zero-order valence-electron chi connectivity index (χ0n) is 11.5. The Bertz CT molecular complexity index is 697. The van der Waals surface area contributed by atoms with E-state index in [2.05, 4.69) is 15.2 Å². The molecule has 1 aliphatic heterocycles. The Labute approximate surface area is 132 Å². The van der Waals surface area contributed by atoms with Crippen LogP contribution in [0.4, 0.5) is 5.13 Å². The van der Waals surface area contributed by atoms with E-state index in [4.69, 9.17) is 11.6 Å². The normalized spacial score (nSPS) is 22.0. The maximum Gasteiger partial charge on any atom is 0.225 e. The van der Waals surface area contributed by atoms with Gasteiger partial charge in [-0.25, -0.2) is 4.98 Å². The Morgan fingerprint density at radius 2 is 2.24 bits per heavy atom. The average Bonchev–Trinajstić information content (AvgIpc) is 3.01. The van der Waals surface area contributed by atoms with Crippen molar-refractivity contribution in [2.24, 2.45) is 5.92 Å². The van der Waals surface area contributed by atoms with E-state index in [-0.39, 0.29) is 11.8 Å². The summed E-state index contributed by atoms with van der Waals surface area (Å²) < 4.78 is 1.10. The Balaban J connectivity index is 1.49. The van der Waals surface area contributed by atoms with Crippen molar-refractivity contribution in [2.45, 2.75) is 25.3 Å². The Hall–Kier alpha value is -1.33. The molecular weight excluding hydrogens is 306 g/mol. The molecular formula is C15H16ClN3OS. The van der Waals surface area contributed by atoms with E-state index in [9.17, 15) is 4.79 Å². The lowest BCUT2D eigenvalue weighted by Crippen LogP contribution is -2.34. The Morgan fingerprint density at radius 1 is 1.38 bits per heavy atom. The third-order valence-electron chi connectivity index (χ3n) is 4.09. The number of halogens is 1. The summed E-state index contributed by atoms with van der Waals surface area (Å²) in [7, 11) is 0. The third-order valence-corrected chi connectivity index (χ3v) is 5.41. The van der Waals surface area contributed by atoms with Gasteiger partial charge in [0.05, 0.1) is 16.1 Å². The summed E-state index contributed by atoms with van der Waals surface area (Å²) in [6.45, 7) is 1.67. The SMILES string of the molecule is O=C(NC1CC1)C1CCN(c2nc3ccc(Cl)cc3s2)C1. The van der Waals surface area contributed by atoms with E-state index < -0.39 is 0 Å². The molecule has 0 radical (unpaired) electrons. The molecule has 1 N–H and O–H groups in total. The maximum atomic E-state index is 12.1. The van der Waals surface area contributed by atoms with Crippen molar-refractivity contribution < 1.29 is 4.79 Å². The molecule has 1 unspecified atom stereocenters. The van der Waals surface area contributed by atoms with Gasteiger partial charge in [0.2, 0.25) is 5.91 Å². The van der Waals surface area contributed by atoms with Gasteiger partial charge in [-0.3, -0.25) is 4.79 Å². The summed E-state index contributed by atoms with van der Waals surface area (Å²) in [5.41, 5.74) is 0.977. The highest BCUT2D eigenvalue weighted by Gasteiger charge is 2.33. The Kier molecular flexibility index (Phi) is 3.27. The second-order valence-electron chi connectivity index (χ2n) is 5.82. The monoisotopic (exact) mass is 321 g/mol. The van der Waals surface area contributed by atoms with Crippen LogP contribution in [0.15, 0.2) is 18.2 Å². The van der Waals surface area contributed by atoms with Crippen LogP contribution in [-0.4, -0.2) is 30.0 Å². The highest BCUT2D eigenvalue weighted by Crippen LogP contribution is 2.33. The number of benzene rings is 1. The minimum atomic E-state index is 0.0983. The number of anilines is 1. The van der Waals surface area contributed by atoms with Gasteiger partial charge in [-0.1, -0.05) is 22.9 Å². The molecule has 6 heteroatoms. The number of hydrogen-bond acceptors (Lipinski definition) is 4. The van der Waals surface area contributed by atoms with Gasteiger partial charge in [-0.05, 0) is 37.5 Å². The van der Waals surface area contributed by atoms with Crippen LogP contribution in [0.3, 0.4) is 0 Å². The number of thiazole rings is 1. The van der Waals surface area contributed by atoms with Crippen LogP contribution in [-0.2, 0) is 4.79 Å². The second kappa shape index (κ2) is 5.14. The van der Waals surface area contributed by atoms with Crippen molar-refractivity contribution in [3.63, 3.8) is 0 Å². The van der Waals surface area contributed by atoms with E-state index in [0.29, 0.717) is 6.04 Å². The number of hydrogen-bond donors (Lipinski definition) is 1. The van der Waals surface area contributed by atoms with Crippen molar-refractivity contribution >= 4 is 44.2 Å². The number of carbonyl (C=O) groups excluding carboxylic acids is 1. The standard InChI is InChI=1S/C15H16ClN3OS/c16-10-1-4-12-13(7-10)21-15(18-12)19-6-5-9(8-19)14(20)17-11-2-3-11/h1,4,7,9,11H,2-3,5-6,8H2,(H,17,20). The first kappa shape index (κ1) is 13.3. The number of fused-ring (bicyclic) bond motifs is 1. The Morgan fingerprint density at radius 3 is 3.05 bits per heavy atom. The predicted octanol–water partition coefficient (Wildman–Crippen LogP) is 3.05. The molecule has 1 saturated carbocycles. The first-order valence-electron chi connectivity index (χ1n) is 7.30. The number of aromatic nitrogens is 1. The molecule has 2 heterocycles. The molecule has 1 aromatic heterocycles. The molecule has 4 rings (SSSR count). The molecule has 1 amide bonds. The van der Waals surface area contributed by atoms with Gasteiger partial charge in [0.15, 0.2) is 5.13 Å². The summed E-state index contributed by atoms with van der Waals surface area (Å²) in [4.78, 5) is 19.0. The summed E-state index contributed by atoms with van der Waals surface area (Å²) in [6.07, 6.45) is 3.19. The van der Waals surface area contributed by atoms with E-state index in [1.165, 1.54) is 0 Å². The van der Waals surface area contributed by atoms with Gasteiger partial charge in [0.1, 0.15) is 0 Å². The highest BCUT2D eigenvalue weighted by atomic mass is 35.5. The molecule has 1 aromatic carbocycles. The van der Waals surface area contributed by atoms with Crippen LogP contribution in [0.2, 0.25) is 5.02 Å². The van der Waals surface area contributed by atoms with Gasteiger partial charge in [0.25, 0.3) is 0 Å². The number of nitrogens with zero attached hydrogens (tertiary/aromatic N) is 2. The van der Waals surface area contributed by atoms with Crippen molar-refractivity contribution in [3.8, 4) is 0 Å². The van der Waals surface area contributed by atoms with Gasteiger partial charge >= 0.3 is 0 Å². The van der Waals surface area contributed by atoms with E-state index in [1.807, 2.05) is 18.2 Å². The lowest BCUT2D eigenvalue weighted by Gasteiger charge is -2.14. The summed E-state index contributed by atoms with van der Waals surface area (Å²) in [5, 5.41) is 4.83. The highest BCUT2D eigenvalue weighted by molar-refractivity contribution is 7.22.